The Bertz CT molecular complexity index is 873. The Balaban J connectivity index is 1.61. The van der Waals surface area contributed by atoms with Crippen molar-refractivity contribution in [2.45, 2.75) is 18.9 Å². The highest BCUT2D eigenvalue weighted by molar-refractivity contribution is 5.97. The zero-order valence-electron chi connectivity index (χ0n) is 14.5. The molecule has 138 valence electrons. The molecule has 2 saturated heterocycles. The standard InChI is InChI=1S/C18H22N4O4/c23-12-20-5-3-14(4-6-20)22-16-2-1-13(11-15(16)19-18(22)25)17(24)21-7-9-26-10-8-21/h1-2,11-12,14H,3-10H2,(H,19,25). The number of carbonyl (C=O) groups is 2. The smallest absolute Gasteiger partial charge is 0.326 e. The number of rotatable bonds is 3. The third kappa shape index (κ3) is 3.01. The molecule has 2 amide bonds. The number of nitrogens with zero attached hydrogens (tertiary/aromatic N) is 3. The summed E-state index contributed by atoms with van der Waals surface area (Å²) in [6.45, 7) is 3.59. The Hall–Kier alpha value is -2.61. The topological polar surface area (TPSA) is 87.6 Å². The Morgan fingerprint density at radius 2 is 1.88 bits per heavy atom. The number of imidazole rings is 1. The predicted octanol–water partition coefficient (Wildman–Crippen LogP) is 0.595. The van der Waals surface area contributed by atoms with Crippen LogP contribution in [-0.2, 0) is 9.53 Å². The van der Waals surface area contributed by atoms with Crippen LogP contribution in [-0.4, -0.2) is 71.1 Å². The van der Waals surface area contributed by atoms with Gasteiger partial charge in [-0.05, 0) is 31.0 Å². The monoisotopic (exact) mass is 358 g/mol. The van der Waals surface area contributed by atoms with Gasteiger partial charge in [0.15, 0.2) is 0 Å². The lowest BCUT2D eigenvalue weighted by molar-refractivity contribution is -0.119. The zero-order chi connectivity index (χ0) is 18.1. The van der Waals surface area contributed by atoms with Crippen molar-refractivity contribution in [1.82, 2.24) is 19.4 Å². The molecular formula is C18H22N4O4. The van der Waals surface area contributed by atoms with Crippen molar-refractivity contribution >= 4 is 23.4 Å². The Morgan fingerprint density at radius 1 is 1.15 bits per heavy atom. The highest BCUT2D eigenvalue weighted by atomic mass is 16.5. The molecule has 3 heterocycles. The van der Waals surface area contributed by atoms with E-state index in [0.29, 0.717) is 50.5 Å². The highest BCUT2D eigenvalue weighted by Crippen LogP contribution is 2.25. The van der Waals surface area contributed by atoms with Crippen LogP contribution in [0.15, 0.2) is 23.0 Å². The van der Waals surface area contributed by atoms with E-state index in [9.17, 15) is 14.4 Å². The van der Waals surface area contributed by atoms with Gasteiger partial charge in [-0.2, -0.15) is 0 Å². The van der Waals surface area contributed by atoms with Gasteiger partial charge in [-0.3, -0.25) is 14.2 Å². The van der Waals surface area contributed by atoms with Crippen LogP contribution in [0.2, 0.25) is 0 Å². The van der Waals surface area contributed by atoms with Crippen molar-refractivity contribution in [2.75, 3.05) is 39.4 Å². The van der Waals surface area contributed by atoms with Crippen molar-refractivity contribution in [3.63, 3.8) is 0 Å². The summed E-state index contributed by atoms with van der Waals surface area (Å²) in [5, 5.41) is 0. The minimum Gasteiger partial charge on any atom is -0.378 e. The number of ether oxygens (including phenoxy) is 1. The maximum Gasteiger partial charge on any atom is 0.326 e. The molecule has 1 aromatic carbocycles. The lowest BCUT2D eigenvalue weighted by atomic mass is 10.0. The number of carbonyl (C=O) groups excluding carboxylic acids is 2. The van der Waals surface area contributed by atoms with E-state index in [1.807, 2.05) is 6.07 Å². The number of likely N-dealkylation sites (tertiary alicyclic amines) is 1. The van der Waals surface area contributed by atoms with Crippen LogP contribution in [0.3, 0.4) is 0 Å². The van der Waals surface area contributed by atoms with E-state index < -0.39 is 0 Å². The average molecular weight is 358 g/mol. The molecule has 8 nitrogen and oxygen atoms in total. The molecule has 2 aliphatic heterocycles. The Morgan fingerprint density at radius 3 is 2.58 bits per heavy atom. The van der Waals surface area contributed by atoms with E-state index in [4.69, 9.17) is 4.74 Å². The van der Waals surface area contributed by atoms with Gasteiger partial charge >= 0.3 is 5.69 Å². The largest absolute Gasteiger partial charge is 0.378 e. The van der Waals surface area contributed by atoms with Crippen molar-refractivity contribution in [3.05, 3.63) is 34.2 Å². The van der Waals surface area contributed by atoms with E-state index in [1.165, 1.54) is 0 Å². The Kier molecular flexibility index (Phi) is 4.50. The average Bonchev–Trinajstić information content (AvgIpc) is 3.03. The van der Waals surface area contributed by atoms with Gasteiger partial charge < -0.3 is 19.5 Å². The summed E-state index contributed by atoms with van der Waals surface area (Å²) in [7, 11) is 0. The maximum atomic E-state index is 12.6. The number of nitrogens with one attached hydrogen (secondary N) is 1. The number of morpholine rings is 1. The lowest BCUT2D eigenvalue weighted by Gasteiger charge is -2.29. The number of amides is 2. The predicted molar refractivity (Wildman–Crippen MR) is 95.2 cm³/mol. The summed E-state index contributed by atoms with van der Waals surface area (Å²) in [5.41, 5.74) is 1.88. The molecule has 2 fully saturated rings. The molecule has 2 aliphatic rings. The minimum absolute atomic E-state index is 0.0388. The van der Waals surface area contributed by atoms with Crippen molar-refractivity contribution in [2.24, 2.45) is 0 Å². The first-order valence-corrected chi connectivity index (χ1v) is 8.98. The van der Waals surface area contributed by atoms with E-state index in [-0.39, 0.29) is 17.6 Å². The van der Waals surface area contributed by atoms with Gasteiger partial charge in [0, 0.05) is 37.8 Å². The second kappa shape index (κ2) is 6.95. The highest BCUT2D eigenvalue weighted by Gasteiger charge is 2.24. The fraction of sp³-hybridized carbons (Fsp3) is 0.500. The van der Waals surface area contributed by atoms with E-state index in [2.05, 4.69) is 4.98 Å². The van der Waals surface area contributed by atoms with Crippen LogP contribution in [0.25, 0.3) is 11.0 Å². The van der Waals surface area contributed by atoms with Crippen LogP contribution in [0, 0.1) is 0 Å². The van der Waals surface area contributed by atoms with Crippen LogP contribution in [0.1, 0.15) is 29.2 Å². The quantitative estimate of drug-likeness (QED) is 0.814. The molecule has 0 spiro atoms. The molecule has 0 bridgehead atoms. The van der Waals surface area contributed by atoms with Crippen LogP contribution < -0.4 is 5.69 Å². The number of H-pyrrole nitrogens is 1. The van der Waals surface area contributed by atoms with Gasteiger partial charge in [-0.15, -0.1) is 0 Å². The third-order valence-corrected chi connectivity index (χ3v) is 5.28. The van der Waals surface area contributed by atoms with Gasteiger partial charge in [-0.25, -0.2) is 4.79 Å². The zero-order valence-corrected chi connectivity index (χ0v) is 14.5. The molecule has 1 N–H and O–H groups in total. The van der Waals surface area contributed by atoms with Crippen molar-refractivity contribution in [1.29, 1.82) is 0 Å². The van der Waals surface area contributed by atoms with Gasteiger partial charge in [0.05, 0.1) is 24.2 Å². The number of aromatic nitrogens is 2. The molecule has 2 aromatic rings. The van der Waals surface area contributed by atoms with Crippen LogP contribution in [0.4, 0.5) is 0 Å². The first kappa shape index (κ1) is 16.8. The lowest BCUT2D eigenvalue weighted by Crippen LogP contribution is -2.40. The third-order valence-electron chi connectivity index (χ3n) is 5.28. The van der Waals surface area contributed by atoms with Crippen molar-refractivity contribution in [3.8, 4) is 0 Å². The SMILES string of the molecule is O=CN1CCC(n2c(=O)[nH]c3cc(C(=O)N4CCOCC4)ccc32)CC1. The number of fused-ring (bicyclic) bond motifs is 1. The molecule has 8 heteroatoms. The van der Waals surface area contributed by atoms with E-state index in [1.54, 1.807) is 26.5 Å². The number of hydrogen-bond donors (Lipinski definition) is 1. The molecule has 4 rings (SSSR count). The van der Waals surface area contributed by atoms with Gasteiger partial charge in [0.2, 0.25) is 6.41 Å². The van der Waals surface area contributed by atoms with Crippen LogP contribution >= 0.6 is 0 Å². The van der Waals surface area contributed by atoms with Crippen LogP contribution in [0.5, 0.6) is 0 Å². The van der Waals surface area contributed by atoms with E-state index in [0.717, 1.165) is 24.8 Å². The summed E-state index contributed by atoms with van der Waals surface area (Å²) in [6, 6.07) is 5.44. The fourth-order valence-corrected chi connectivity index (χ4v) is 3.83. The second-order valence-electron chi connectivity index (χ2n) is 6.81. The number of hydrogen-bond acceptors (Lipinski definition) is 4. The molecular weight excluding hydrogens is 336 g/mol. The molecule has 0 atom stereocenters. The molecule has 26 heavy (non-hydrogen) atoms. The minimum atomic E-state index is -0.166. The number of piperidine rings is 1. The number of benzene rings is 1. The Labute approximate surface area is 150 Å². The summed E-state index contributed by atoms with van der Waals surface area (Å²) in [4.78, 5) is 42.4. The fourth-order valence-electron chi connectivity index (χ4n) is 3.83. The maximum absolute atomic E-state index is 12.6. The second-order valence-corrected chi connectivity index (χ2v) is 6.81. The summed E-state index contributed by atoms with van der Waals surface area (Å²) in [5.74, 6) is -0.0388. The molecule has 0 radical (unpaired) electrons. The van der Waals surface area contributed by atoms with Crippen molar-refractivity contribution < 1.29 is 14.3 Å². The molecule has 1 aromatic heterocycles. The molecule has 0 saturated carbocycles. The summed E-state index contributed by atoms with van der Waals surface area (Å²) < 4.78 is 7.05. The van der Waals surface area contributed by atoms with Gasteiger partial charge in [0.25, 0.3) is 5.91 Å². The normalized spacial score (nSPS) is 19.1. The van der Waals surface area contributed by atoms with Gasteiger partial charge in [-0.1, -0.05) is 0 Å². The molecule has 0 aliphatic carbocycles. The summed E-state index contributed by atoms with van der Waals surface area (Å²) >= 11 is 0. The van der Waals surface area contributed by atoms with E-state index >= 15 is 0 Å². The number of aromatic amines is 1. The molecule has 0 unspecified atom stereocenters. The van der Waals surface area contributed by atoms with Gasteiger partial charge in [0.1, 0.15) is 0 Å². The first-order valence-electron chi connectivity index (χ1n) is 8.98. The summed E-state index contributed by atoms with van der Waals surface area (Å²) in [6.07, 6.45) is 2.36. The first-order chi connectivity index (χ1) is 12.7.